The van der Waals surface area contributed by atoms with Crippen LogP contribution in [0.25, 0.3) is 6.08 Å². The van der Waals surface area contributed by atoms with E-state index in [4.69, 9.17) is 16.3 Å². The second kappa shape index (κ2) is 9.80. The molecule has 0 unspecified atom stereocenters. The van der Waals surface area contributed by atoms with Gasteiger partial charge < -0.3 is 4.74 Å². The van der Waals surface area contributed by atoms with E-state index in [1.54, 1.807) is 17.0 Å². The molecule has 4 nitrogen and oxygen atoms in total. The zero-order chi connectivity index (χ0) is 19.9. The van der Waals surface area contributed by atoms with Crippen molar-refractivity contribution in [3.63, 3.8) is 0 Å². The molecule has 0 atom stereocenters. The molecule has 3 rings (SSSR count). The molecule has 0 saturated carbocycles. The van der Waals surface area contributed by atoms with Crippen LogP contribution in [0.4, 0.5) is 5.69 Å². The third kappa shape index (κ3) is 5.18. The van der Waals surface area contributed by atoms with Crippen LogP contribution in [0.1, 0.15) is 32.3 Å². The number of benzene rings is 2. The summed E-state index contributed by atoms with van der Waals surface area (Å²) in [6.45, 7) is 5.35. The molecule has 2 aromatic rings. The monoisotopic (exact) mass is 414 g/mol. The summed E-state index contributed by atoms with van der Waals surface area (Å²) in [5.74, 6) is 0.790. The van der Waals surface area contributed by atoms with Gasteiger partial charge in [-0.05, 0) is 73.1 Å². The SMILES string of the molecule is CCCCOc1cccc(/C=C2/SC(=Nc3ccc(Cl)cc3)N(CC)C2=O)c1. The molecule has 1 heterocycles. The molecule has 146 valence electrons. The fraction of sp³-hybridized carbons (Fsp3) is 0.273. The van der Waals surface area contributed by atoms with Crippen molar-refractivity contribution in [2.24, 2.45) is 4.99 Å². The second-order valence-electron chi connectivity index (χ2n) is 6.31. The summed E-state index contributed by atoms with van der Waals surface area (Å²) in [5, 5.41) is 1.34. The number of thioether (sulfide) groups is 1. The highest BCUT2D eigenvalue weighted by Gasteiger charge is 2.32. The minimum absolute atomic E-state index is 0.0301. The fourth-order valence-electron chi connectivity index (χ4n) is 2.68. The number of halogens is 1. The molecule has 1 amide bonds. The van der Waals surface area contributed by atoms with E-state index in [0.29, 0.717) is 28.2 Å². The van der Waals surface area contributed by atoms with Crippen LogP contribution in [0.3, 0.4) is 0 Å². The van der Waals surface area contributed by atoms with Gasteiger partial charge in [-0.25, -0.2) is 4.99 Å². The number of aliphatic imine (C=N–C) groups is 1. The summed E-state index contributed by atoms with van der Waals surface area (Å²) in [4.78, 5) is 19.8. The van der Waals surface area contributed by atoms with Gasteiger partial charge in [0.15, 0.2) is 5.17 Å². The molecular weight excluding hydrogens is 392 g/mol. The molecule has 1 aliphatic heterocycles. The van der Waals surface area contributed by atoms with Gasteiger partial charge in [0.25, 0.3) is 5.91 Å². The standard InChI is InChI=1S/C22H23ClN2O2S/c1-3-5-13-27-19-8-6-7-16(14-19)15-20-21(26)25(4-2)22(28-20)24-18-11-9-17(23)10-12-18/h6-12,14-15H,3-5,13H2,1-2H3/b20-15+,24-22?. The normalized spacial score (nSPS) is 17.0. The number of nitrogens with zero attached hydrogens (tertiary/aromatic N) is 2. The Morgan fingerprint density at radius 2 is 1.96 bits per heavy atom. The predicted octanol–water partition coefficient (Wildman–Crippen LogP) is 6.14. The van der Waals surface area contributed by atoms with E-state index >= 15 is 0 Å². The molecule has 0 spiro atoms. The Labute approximate surface area is 175 Å². The number of rotatable bonds is 7. The third-order valence-electron chi connectivity index (χ3n) is 4.18. The van der Waals surface area contributed by atoms with Crippen molar-refractivity contribution in [3.8, 4) is 5.75 Å². The zero-order valence-electron chi connectivity index (χ0n) is 16.0. The maximum atomic E-state index is 12.8. The molecule has 0 aliphatic carbocycles. The zero-order valence-corrected chi connectivity index (χ0v) is 17.6. The average molecular weight is 415 g/mol. The van der Waals surface area contributed by atoms with Gasteiger partial charge in [-0.15, -0.1) is 0 Å². The lowest BCUT2D eigenvalue weighted by Gasteiger charge is -2.12. The van der Waals surface area contributed by atoms with Gasteiger partial charge >= 0.3 is 0 Å². The van der Waals surface area contributed by atoms with Crippen molar-refractivity contribution < 1.29 is 9.53 Å². The van der Waals surface area contributed by atoms with E-state index < -0.39 is 0 Å². The lowest BCUT2D eigenvalue weighted by Crippen LogP contribution is -2.28. The molecule has 28 heavy (non-hydrogen) atoms. The molecule has 1 aliphatic rings. The molecule has 0 N–H and O–H groups in total. The number of hydrogen-bond donors (Lipinski definition) is 0. The molecule has 1 saturated heterocycles. The van der Waals surface area contributed by atoms with Gasteiger partial charge in [0.2, 0.25) is 0 Å². The first-order valence-corrected chi connectivity index (χ1v) is 10.6. The van der Waals surface area contributed by atoms with E-state index in [0.717, 1.165) is 29.8 Å². The summed E-state index contributed by atoms with van der Waals surface area (Å²) >= 11 is 7.32. The number of unbranched alkanes of at least 4 members (excludes halogenated alkanes) is 1. The molecular formula is C22H23ClN2O2S. The topological polar surface area (TPSA) is 41.9 Å². The van der Waals surface area contributed by atoms with Crippen LogP contribution in [-0.2, 0) is 4.79 Å². The highest BCUT2D eigenvalue weighted by Crippen LogP contribution is 2.34. The minimum Gasteiger partial charge on any atom is -0.494 e. The van der Waals surface area contributed by atoms with Crippen LogP contribution in [-0.4, -0.2) is 29.1 Å². The van der Waals surface area contributed by atoms with Crippen molar-refractivity contribution in [3.05, 3.63) is 64.0 Å². The molecule has 6 heteroatoms. The number of likely N-dealkylation sites (N-methyl/N-ethyl adjacent to an activating group) is 1. The van der Waals surface area contributed by atoms with E-state index in [2.05, 4.69) is 11.9 Å². The second-order valence-corrected chi connectivity index (χ2v) is 7.75. The first-order valence-electron chi connectivity index (χ1n) is 9.39. The van der Waals surface area contributed by atoms with Gasteiger partial charge in [-0.1, -0.05) is 37.1 Å². The lowest BCUT2D eigenvalue weighted by molar-refractivity contribution is -0.122. The fourth-order valence-corrected chi connectivity index (χ4v) is 3.86. The Morgan fingerprint density at radius 3 is 2.68 bits per heavy atom. The van der Waals surface area contributed by atoms with Crippen LogP contribution >= 0.6 is 23.4 Å². The molecule has 2 aromatic carbocycles. The predicted molar refractivity (Wildman–Crippen MR) is 118 cm³/mol. The van der Waals surface area contributed by atoms with Crippen molar-refractivity contribution in [1.29, 1.82) is 0 Å². The van der Waals surface area contributed by atoms with Gasteiger partial charge in [0.05, 0.1) is 17.2 Å². The molecule has 1 fully saturated rings. The number of carbonyl (C=O) groups excluding carboxylic acids is 1. The van der Waals surface area contributed by atoms with Crippen LogP contribution in [0.15, 0.2) is 58.4 Å². The lowest BCUT2D eigenvalue weighted by atomic mass is 10.2. The Bertz CT molecular complexity index is 894. The maximum Gasteiger partial charge on any atom is 0.266 e. The largest absolute Gasteiger partial charge is 0.494 e. The van der Waals surface area contributed by atoms with Crippen LogP contribution < -0.4 is 4.74 Å². The first-order chi connectivity index (χ1) is 13.6. The number of amidine groups is 1. The van der Waals surface area contributed by atoms with Crippen LogP contribution in [0.5, 0.6) is 5.75 Å². The van der Waals surface area contributed by atoms with Crippen LogP contribution in [0, 0.1) is 0 Å². The Hall–Kier alpha value is -2.24. The number of ether oxygens (including phenoxy) is 1. The summed E-state index contributed by atoms with van der Waals surface area (Å²) in [5.41, 5.74) is 1.71. The van der Waals surface area contributed by atoms with Gasteiger partial charge in [0.1, 0.15) is 5.75 Å². The Morgan fingerprint density at radius 1 is 1.18 bits per heavy atom. The number of hydrogen-bond acceptors (Lipinski definition) is 4. The minimum atomic E-state index is -0.0301. The number of carbonyl (C=O) groups is 1. The van der Waals surface area contributed by atoms with Gasteiger partial charge in [0, 0.05) is 11.6 Å². The average Bonchev–Trinajstić information content (AvgIpc) is 2.98. The summed E-state index contributed by atoms with van der Waals surface area (Å²) in [7, 11) is 0. The van der Waals surface area contributed by atoms with E-state index in [1.807, 2.05) is 49.4 Å². The first kappa shape index (κ1) is 20.5. The highest BCUT2D eigenvalue weighted by molar-refractivity contribution is 8.18. The van der Waals surface area contributed by atoms with Crippen molar-refractivity contribution in [2.75, 3.05) is 13.2 Å². The molecule has 0 aromatic heterocycles. The van der Waals surface area contributed by atoms with E-state index in [1.165, 1.54) is 11.8 Å². The van der Waals surface area contributed by atoms with Gasteiger partial charge in [-0.2, -0.15) is 0 Å². The number of amides is 1. The van der Waals surface area contributed by atoms with E-state index in [9.17, 15) is 4.79 Å². The van der Waals surface area contributed by atoms with Crippen LogP contribution in [0.2, 0.25) is 5.02 Å². The molecule has 0 radical (unpaired) electrons. The maximum absolute atomic E-state index is 12.8. The van der Waals surface area contributed by atoms with Crippen molar-refractivity contribution in [2.45, 2.75) is 26.7 Å². The quantitative estimate of drug-likeness (QED) is 0.403. The highest BCUT2D eigenvalue weighted by atomic mass is 35.5. The summed E-state index contributed by atoms with van der Waals surface area (Å²) < 4.78 is 5.76. The van der Waals surface area contributed by atoms with Crippen molar-refractivity contribution >= 4 is 46.2 Å². The van der Waals surface area contributed by atoms with Gasteiger partial charge in [-0.3, -0.25) is 9.69 Å². The molecule has 0 bridgehead atoms. The third-order valence-corrected chi connectivity index (χ3v) is 5.44. The Kier molecular flexibility index (Phi) is 7.18. The van der Waals surface area contributed by atoms with E-state index in [-0.39, 0.29) is 5.91 Å². The van der Waals surface area contributed by atoms with Crippen molar-refractivity contribution in [1.82, 2.24) is 4.90 Å². The Balaban J connectivity index is 1.81. The summed E-state index contributed by atoms with van der Waals surface area (Å²) in [6, 6.07) is 15.1. The summed E-state index contributed by atoms with van der Waals surface area (Å²) in [6.07, 6.45) is 4.01. The smallest absolute Gasteiger partial charge is 0.266 e.